The molecule has 1 aliphatic heterocycles. The molecule has 1 aliphatic rings. The van der Waals surface area contributed by atoms with Gasteiger partial charge in [0.15, 0.2) is 0 Å². The Morgan fingerprint density at radius 3 is 2.75 bits per heavy atom. The van der Waals surface area contributed by atoms with Gasteiger partial charge >= 0.3 is 0 Å². The molecule has 88 valence electrons. The van der Waals surface area contributed by atoms with Crippen molar-refractivity contribution in [2.45, 2.75) is 31.7 Å². The molecule has 1 unspecified atom stereocenters. The summed E-state index contributed by atoms with van der Waals surface area (Å²) >= 11 is 1.92. The van der Waals surface area contributed by atoms with Gasteiger partial charge in [0.05, 0.1) is 12.8 Å². The van der Waals surface area contributed by atoms with E-state index in [4.69, 9.17) is 4.74 Å². The monoisotopic (exact) mass is 237 g/mol. The SMILES string of the molecule is COc1ccc2c(c1)NC(C(C)(C)C)CS2. The van der Waals surface area contributed by atoms with E-state index in [1.54, 1.807) is 7.11 Å². The lowest BCUT2D eigenvalue weighted by atomic mass is 9.87. The van der Waals surface area contributed by atoms with E-state index in [9.17, 15) is 0 Å². The topological polar surface area (TPSA) is 21.3 Å². The first-order valence-corrected chi connectivity index (χ1v) is 6.56. The summed E-state index contributed by atoms with van der Waals surface area (Å²) in [6, 6.07) is 6.74. The minimum atomic E-state index is 0.285. The van der Waals surface area contributed by atoms with Crippen LogP contribution in [-0.2, 0) is 0 Å². The highest BCUT2D eigenvalue weighted by atomic mass is 32.2. The smallest absolute Gasteiger partial charge is 0.121 e. The molecule has 2 rings (SSSR count). The Balaban J connectivity index is 2.25. The molecule has 0 amide bonds. The quantitative estimate of drug-likeness (QED) is 0.806. The molecule has 1 aromatic carbocycles. The Hall–Kier alpha value is -0.830. The Bertz CT molecular complexity index is 384. The lowest BCUT2D eigenvalue weighted by molar-refractivity contribution is 0.361. The molecule has 0 bridgehead atoms. The summed E-state index contributed by atoms with van der Waals surface area (Å²) in [7, 11) is 1.71. The third-order valence-electron chi connectivity index (χ3n) is 2.97. The van der Waals surface area contributed by atoms with Crippen molar-refractivity contribution in [2.24, 2.45) is 5.41 Å². The summed E-state index contributed by atoms with van der Waals surface area (Å²) < 4.78 is 5.25. The number of thioether (sulfide) groups is 1. The summed E-state index contributed by atoms with van der Waals surface area (Å²) in [5, 5.41) is 3.61. The van der Waals surface area contributed by atoms with Gasteiger partial charge in [-0.15, -0.1) is 11.8 Å². The first kappa shape index (κ1) is 11.6. The van der Waals surface area contributed by atoms with E-state index in [1.165, 1.54) is 10.6 Å². The molecular weight excluding hydrogens is 218 g/mol. The van der Waals surface area contributed by atoms with E-state index >= 15 is 0 Å². The van der Waals surface area contributed by atoms with Crippen molar-refractivity contribution in [1.29, 1.82) is 0 Å². The molecule has 2 nitrogen and oxygen atoms in total. The molecule has 0 aromatic heterocycles. The van der Waals surface area contributed by atoms with Crippen LogP contribution in [-0.4, -0.2) is 18.9 Å². The molecule has 0 saturated heterocycles. The Kier molecular flexibility index (Phi) is 3.06. The molecule has 0 fully saturated rings. The van der Waals surface area contributed by atoms with Crippen molar-refractivity contribution in [3.63, 3.8) is 0 Å². The first-order valence-electron chi connectivity index (χ1n) is 5.58. The van der Waals surface area contributed by atoms with Gasteiger partial charge in [-0.1, -0.05) is 20.8 Å². The maximum absolute atomic E-state index is 5.25. The van der Waals surface area contributed by atoms with E-state index < -0.39 is 0 Å². The molecule has 1 atom stereocenters. The van der Waals surface area contributed by atoms with Gasteiger partial charge in [0.25, 0.3) is 0 Å². The fourth-order valence-electron chi connectivity index (χ4n) is 1.74. The summed E-state index contributed by atoms with van der Waals surface area (Å²) in [6.45, 7) is 6.82. The van der Waals surface area contributed by atoms with Crippen molar-refractivity contribution in [2.75, 3.05) is 18.2 Å². The Labute approximate surface area is 102 Å². The molecule has 16 heavy (non-hydrogen) atoms. The van der Waals surface area contributed by atoms with Gasteiger partial charge in [0, 0.05) is 22.8 Å². The van der Waals surface area contributed by atoms with Crippen molar-refractivity contribution in [3.8, 4) is 5.75 Å². The number of nitrogens with one attached hydrogen (secondary N) is 1. The molecule has 0 aliphatic carbocycles. The Morgan fingerprint density at radius 2 is 2.12 bits per heavy atom. The molecule has 3 heteroatoms. The number of rotatable bonds is 1. The van der Waals surface area contributed by atoms with Crippen LogP contribution in [0.3, 0.4) is 0 Å². The zero-order valence-corrected chi connectivity index (χ0v) is 11.1. The molecule has 0 saturated carbocycles. The van der Waals surface area contributed by atoms with Crippen molar-refractivity contribution >= 4 is 17.4 Å². The fourth-order valence-corrected chi connectivity index (χ4v) is 3.11. The molecule has 1 N–H and O–H groups in total. The Morgan fingerprint density at radius 1 is 1.38 bits per heavy atom. The molecular formula is C13H19NOS. The minimum Gasteiger partial charge on any atom is -0.497 e. The van der Waals surface area contributed by atoms with Gasteiger partial charge in [-0.3, -0.25) is 0 Å². The second-order valence-corrected chi connectivity index (χ2v) is 6.30. The number of hydrogen-bond acceptors (Lipinski definition) is 3. The summed E-state index contributed by atoms with van der Waals surface area (Å²) in [4.78, 5) is 1.32. The average molecular weight is 237 g/mol. The summed E-state index contributed by atoms with van der Waals surface area (Å²) in [5.41, 5.74) is 1.49. The van der Waals surface area contributed by atoms with Crippen molar-refractivity contribution < 1.29 is 4.74 Å². The third kappa shape index (κ3) is 2.29. The largest absolute Gasteiger partial charge is 0.497 e. The molecule has 1 aromatic rings. The highest BCUT2D eigenvalue weighted by Crippen LogP contribution is 2.39. The summed E-state index contributed by atoms with van der Waals surface area (Å²) in [6.07, 6.45) is 0. The van der Waals surface area contributed by atoms with Crippen LogP contribution >= 0.6 is 11.8 Å². The minimum absolute atomic E-state index is 0.285. The highest BCUT2D eigenvalue weighted by Gasteiger charge is 2.28. The number of methoxy groups -OCH3 is 1. The van der Waals surface area contributed by atoms with Gasteiger partial charge in [0.1, 0.15) is 5.75 Å². The lowest BCUT2D eigenvalue weighted by Crippen LogP contribution is -2.38. The predicted molar refractivity (Wildman–Crippen MR) is 70.6 cm³/mol. The second-order valence-electron chi connectivity index (χ2n) is 5.24. The van der Waals surface area contributed by atoms with Gasteiger partial charge < -0.3 is 10.1 Å². The van der Waals surface area contributed by atoms with E-state index in [-0.39, 0.29) is 5.41 Å². The van der Waals surface area contributed by atoms with Gasteiger partial charge in [-0.05, 0) is 17.5 Å². The first-order chi connectivity index (χ1) is 7.50. The molecule has 0 radical (unpaired) electrons. The lowest BCUT2D eigenvalue weighted by Gasteiger charge is -2.36. The normalized spacial score (nSPS) is 19.9. The molecule has 1 heterocycles. The highest BCUT2D eigenvalue weighted by molar-refractivity contribution is 7.99. The number of hydrogen-bond donors (Lipinski definition) is 1. The van der Waals surface area contributed by atoms with Gasteiger partial charge in [-0.2, -0.15) is 0 Å². The van der Waals surface area contributed by atoms with Crippen LogP contribution in [0.2, 0.25) is 0 Å². The van der Waals surface area contributed by atoms with Crippen LogP contribution < -0.4 is 10.1 Å². The zero-order valence-electron chi connectivity index (χ0n) is 10.3. The van der Waals surface area contributed by atoms with Crippen LogP contribution in [0.4, 0.5) is 5.69 Å². The van der Waals surface area contributed by atoms with E-state index in [0.717, 1.165) is 11.5 Å². The fraction of sp³-hybridized carbons (Fsp3) is 0.538. The van der Waals surface area contributed by atoms with Crippen LogP contribution in [0.1, 0.15) is 20.8 Å². The maximum atomic E-state index is 5.25. The molecule has 0 spiro atoms. The van der Waals surface area contributed by atoms with Gasteiger partial charge in [0.2, 0.25) is 0 Å². The van der Waals surface area contributed by atoms with Crippen LogP contribution in [0.25, 0.3) is 0 Å². The van der Waals surface area contributed by atoms with Crippen molar-refractivity contribution in [3.05, 3.63) is 18.2 Å². The van der Waals surface area contributed by atoms with Gasteiger partial charge in [-0.25, -0.2) is 0 Å². The van der Waals surface area contributed by atoms with Crippen LogP contribution in [0, 0.1) is 5.41 Å². The van der Waals surface area contributed by atoms with Crippen LogP contribution in [0.5, 0.6) is 5.75 Å². The van der Waals surface area contributed by atoms with E-state index in [1.807, 2.05) is 17.8 Å². The number of fused-ring (bicyclic) bond motifs is 1. The summed E-state index contributed by atoms with van der Waals surface area (Å²) in [5.74, 6) is 2.05. The van der Waals surface area contributed by atoms with E-state index in [0.29, 0.717) is 6.04 Å². The van der Waals surface area contributed by atoms with Crippen molar-refractivity contribution in [1.82, 2.24) is 0 Å². The number of ether oxygens (including phenoxy) is 1. The number of anilines is 1. The number of benzene rings is 1. The zero-order chi connectivity index (χ0) is 11.8. The van der Waals surface area contributed by atoms with Crippen LogP contribution in [0.15, 0.2) is 23.1 Å². The predicted octanol–water partition coefficient (Wildman–Crippen LogP) is 3.63. The average Bonchev–Trinajstić information content (AvgIpc) is 2.26. The second kappa shape index (κ2) is 4.21. The maximum Gasteiger partial charge on any atom is 0.121 e. The van der Waals surface area contributed by atoms with E-state index in [2.05, 4.69) is 38.2 Å². The third-order valence-corrected chi connectivity index (χ3v) is 4.13. The standard InChI is InChI=1S/C13H19NOS/c1-13(2,3)12-8-16-11-6-5-9(15-4)7-10(11)14-12/h5-7,12,14H,8H2,1-4H3.